The lowest BCUT2D eigenvalue weighted by Crippen LogP contribution is -2.65. The maximum absolute atomic E-state index is 14.0. The van der Waals surface area contributed by atoms with Crippen LogP contribution >= 0.6 is 0 Å². The Balaban J connectivity index is 1.76. The molecule has 5 rings (SSSR count). The summed E-state index contributed by atoms with van der Waals surface area (Å²) < 4.78 is 0. The highest BCUT2D eigenvalue weighted by Gasteiger charge is 2.86. The molecular formula is C26H24O6. The minimum absolute atomic E-state index is 0.0245. The van der Waals surface area contributed by atoms with Crippen LogP contribution in [0.5, 0.6) is 0 Å². The van der Waals surface area contributed by atoms with Crippen LogP contribution in [0, 0.1) is 28.1 Å². The molecule has 0 aromatic heterocycles. The zero-order valence-corrected chi connectivity index (χ0v) is 18.2. The number of hydrogen-bond donors (Lipinski definition) is 0. The molecule has 2 bridgehead atoms. The Morgan fingerprint density at radius 1 is 0.844 bits per heavy atom. The smallest absolute Gasteiger partial charge is 0.191 e. The van der Waals surface area contributed by atoms with E-state index in [-0.39, 0.29) is 40.5 Å². The van der Waals surface area contributed by atoms with Crippen molar-refractivity contribution >= 4 is 34.7 Å². The van der Waals surface area contributed by atoms with Crippen LogP contribution < -0.4 is 0 Å². The van der Waals surface area contributed by atoms with Crippen molar-refractivity contribution in [2.75, 3.05) is 0 Å². The molecule has 5 aliphatic carbocycles. The van der Waals surface area contributed by atoms with Crippen molar-refractivity contribution in [1.82, 2.24) is 0 Å². The molecule has 5 unspecified atom stereocenters. The molecule has 6 nitrogen and oxygen atoms in total. The molecular weight excluding hydrogens is 408 g/mol. The van der Waals surface area contributed by atoms with Gasteiger partial charge in [-0.05, 0) is 81.1 Å². The minimum atomic E-state index is -1.76. The maximum Gasteiger partial charge on any atom is 0.191 e. The summed E-state index contributed by atoms with van der Waals surface area (Å²) in [7, 11) is 0. The first-order valence-electron chi connectivity index (χ1n) is 11.0. The molecule has 0 saturated heterocycles. The summed E-state index contributed by atoms with van der Waals surface area (Å²) in [5.74, 6) is -3.63. The van der Waals surface area contributed by atoms with Crippen LogP contribution in [-0.4, -0.2) is 34.7 Å². The summed E-state index contributed by atoms with van der Waals surface area (Å²) in [6.07, 6.45) is 4.16. The summed E-state index contributed by atoms with van der Waals surface area (Å²) in [5.41, 5.74) is -4.71. The lowest BCUT2D eigenvalue weighted by Gasteiger charge is -2.54. The van der Waals surface area contributed by atoms with Crippen molar-refractivity contribution in [2.24, 2.45) is 28.1 Å². The molecule has 3 spiro atoms. The quantitative estimate of drug-likeness (QED) is 0.384. The van der Waals surface area contributed by atoms with Crippen molar-refractivity contribution in [3.63, 3.8) is 0 Å². The first kappa shape index (κ1) is 20.9. The molecule has 0 radical (unpaired) electrons. The van der Waals surface area contributed by atoms with Crippen LogP contribution in [-0.2, 0) is 28.8 Å². The normalized spacial score (nSPS) is 39.2. The second kappa shape index (κ2) is 6.06. The van der Waals surface area contributed by atoms with E-state index in [0.29, 0.717) is 25.7 Å². The van der Waals surface area contributed by atoms with Gasteiger partial charge in [-0.2, -0.15) is 0 Å². The number of ketones is 6. The number of fused-ring (bicyclic) bond motifs is 2. The van der Waals surface area contributed by atoms with E-state index in [1.807, 2.05) is 0 Å². The summed E-state index contributed by atoms with van der Waals surface area (Å²) in [4.78, 5) is 80.6. The lowest BCUT2D eigenvalue weighted by molar-refractivity contribution is -0.168. The second-order valence-electron chi connectivity index (χ2n) is 10.2. The zero-order chi connectivity index (χ0) is 23.4. The molecule has 164 valence electrons. The third-order valence-corrected chi connectivity index (χ3v) is 8.87. The third kappa shape index (κ3) is 1.90. The fourth-order valence-electron chi connectivity index (χ4n) is 7.89. The molecule has 0 amide bonds. The molecule has 3 saturated carbocycles. The Kier molecular flexibility index (Phi) is 3.95. The van der Waals surface area contributed by atoms with Gasteiger partial charge in [0, 0.05) is 5.41 Å². The Labute approximate surface area is 185 Å². The number of rotatable bonds is 4. The maximum atomic E-state index is 14.0. The Hall–Kier alpha value is -3.02. The van der Waals surface area contributed by atoms with Gasteiger partial charge in [-0.1, -0.05) is 13.2 Å². The third-order valence-electron chi connectivity index (χ3n) is 8.87. The minimum Gasteiger partial charge on any atom is -0.294 e. The van der Waals surface area contributed by atoms with E-state index >= 15 is 0 Å². The monoisotopic (exact) mass is 432 g/mol. The van der Waals surface area contributed by atoms with Gasteiger partial charge in [-0.25, -0.2) is 0 Å². The molecule has 5 aliphatic rings. The predicted octanol–water partition coefficient (Wildman–Crippen LogP) is 2.62. The van der Waals surface area contributed by atoms with Gasteiger partial charge in [0.15, 0.2) is 34.7 Å². The van der Waals surface area contributed by atoms with E-state index in [1.165, 1.54) is 13.8 Å². The van der Waals surface area contributed by atoms with Crippen LogP contribution in [0.2, 0.25) is 0 Å². The van der Waals surface area contributed by atoms with E-state index in [9.17, 15) is 28.8 Å². The van der Waals surface area contributed by atoms with Gasteiger partial charge >= 0.3 is 0 Å². The van der Waals surface area contributed by atoms with Gasteiger partial charge in [0.1, 0.15) is 5.41 Å². The van der Waals surface area contributed by atoms with Crippen LogP contribution in [0.4, 0.5) is 0 Å². The van der Waals surface area contributed by atoms with Crippen molar-refractivity contribution in [1.29, 1.82) is 0 Å². The topological polar surface area (TPSA) is 102 Å². The Bertz CT molecular complexity index is 1190. The predicted molar refractivity (Wildman–Crippen MR) is 113 cm³/mol. The lowest BCUT2D eigenvalue weighted by atomic mass is 9.43. The van der Waals surface area contributed by atoms with Crippen molar-refractivity contribution < 1.29 is 28.8 Å². The second-order valence-corrected chi connectivity index (χ2v) is 10.2. The van der Waals surface area contributed by atoms with E-state index < -0.39 is 50.9 Å². The summed E-state index contributed by atoms with van der Waals surface area (Å²) >= 11 is 0. The number of Topliss-reactive ketones (excluding diaryl/α,β-unsaturated/α-hetero) is 4. The zero-order valence-electron chi connectivity index (χ0n) is 18.2. The van der Waals surface area contributed by atoms with Gasteiger partial charge in [-0.3, -0.25) is 28.8 Å². The molecule has 5 atom stereocenters. The standard InChI is InChI=1S/C26H24O6/c1-12(2)20(29)15-10-19(28)26-17(14-5-7-24(26,11-14)22(15)31)6-8-25(26)18(27)9-16(23(25)32)21(30)13(3)4/h9-10,14,17H,1,3,5-8,11H2,2,4H3. The number of carbonyl (C=O) groups is 6. The van der Waals surface area contributed by atoms with Crippen LogP contribution in [0.15, 0.2) is 47.6 Å². The van der Waals surface area contributed by atoms with E-state index in [1.54, 1.807) is 0 Å². The van der Waals surface area contributed by atoms with Crippen molar-refractivity contribution in [3.8, 4) is 0 Å². The number of hydrogen-bond acceptors (Lipinski definition) is 6. The fourth-order valence-corrected chi connectivity index (χ4v) is 7.89. The molecule has 0 aromatic carbocycles. The van der Waals surface area contributed by atoms with Crippen LogP contribution in [0.25, 0.3) is 0 Å². The molecule has 32 heavy (non-hydrogen) atoms. The molecule has 0 heterocycles. The van der Waals surface area contributed by atoms with E-state index in [4.69, 9.17) is 0 Å². The average Bonchev–Trinajstić information content (AvgIpc) is 3.46. The van der Waals surface area contributed by atoms with Gasteiger partial charge in [0.05, 0.1) is 16.6 Å². The van der Waals surface area contributed by atoms with Crippen molar-refractivity contribution in [3.05, 3.63) is 47.6 Å². The van der Waals surface area contributed by atoms with Crippen LogP contribution in [0.3, 0.4) is 0 Å². The highest BCUT2D eigenvalue weighted by molar-refractivity contribution is 6.41. The molecule has 0 N–H and O–H groups in total. The first-order valence-corrected chi connectivity index (χ1v) is 11.0. The fraction of sp³-hybridized carbons (Fsp3) is 0.462. The summed E-state index contributed by atoms with van der Waals surface area (Å²) in [6.45, 7) is 10.2. The first-order chi connectivity index (χ1) is 15.0. The number of allylic oxidation sites excluding steroid dienone is 6. The average molecular weight is 432 g/mol. The molecule has 0 aromatic rings. The van der Waals surface area contributed by atoms with Gasteiger partial charge in [0.2, 0.25) is 0 Å². The molecule has 6 heteroatoms. The Morgan fingerprint density at radius 3 is 2.00 bits per heavy atom. The van der Waals surface area contributed by atoms with Gasteiger partial charge in [0.25, 0.3) is 0 Å². The summed E-state index contributed by atoms with van der Waals surface area (Å²) in [6, 6.07) is 0. The molecule has 3 fully saturated rings. The molecule has 0 aliphatic heterocycles. The highest BCUT2D eigenvalue weighted by Crippen LogP contribution is 2.80. The summed E-state index contributed by atoms with van der Waals surface area (Å²) in [5, 5.41) is 0. The number of carbonyl (C=O) groups excluding carboxylic acids is 6. The highest BCUT2D eigenvalue weighted by atomic mass is 16.2. The van der Waals surface area contributed by atoms with Crippen LogP contribution in [0.1, 0.15) is 46.0 Å². The van der Waals surface area contributed by atoms with E-state index in [2.05, 4.69) is 13.2 Å². The SMILES string of the molecule is C=C(C)C(=O)C1=CC(=O)C23C(CCC24C(=O)C=C(C(=O)C(=C)C)C4=O)C2CCC3(C2)C1=O. The van der Waals surface area contributed by atoms with Gasteiger partial charge < -0.3 is 0 Å². The van der Waals surface area contributed by atoms with Crippen molar-refractivity contribution in [2.45, 2.75) is 46.0 Å². The van der Waals surface area contributed by atoms with Gasteiger partial charge in [-0.15, -0.1) is 0 Å². The van der Waals surface area contributed by atoms with E-state index in [0.717, 1.165) is 12.2 Å². The Morgan fingerprint density at radius 2 is 1.41 bits per heavy atom. The largest absolute Gasteiger partial charge is 0.294 e.